The van der Waals surface area contributed by atoms with E-state index in [1.165, 1.54) is 42.5 Å². The molecule has 134 valence electrons. The van der Waals surface area contributed by atoms with Gasteiger partial charge < -0.3 is 4.98 Å². The highest BCUT2D eigenvalue weighted by atomic mass is 35.5. The predicted molar refractivity (Wildman–Crippen MR) is 95.4 cm³/mol. The summed E-state index contributed by atoms with van der Waals surface area (Å²) < 4.78 is 26.7. The van der Waals surface area contributed by atoms with Gasteiger partial charge in [-0.25, -0.2) is 28.0 Å². The van der Waals surface area contributed by atoms with Gasteiger partial charge in [-0.05, 0) is 30.3 Å². The summed E-state index contributed by atoms with van der Waals surface area (Å²) in [5.41, 5.74) is 0.271. The van der Waals surface area contributed by atoms with Gasteiger partial charge in [0.1, 0.15) is 0 Å². The normalized spacial score (nSPS) is 11.3. The number of fused-ring (bicyclic) bond motifs is 1. The summed E-state index contributed by atoms with van der Waals surface area (Å²) in [5, 5.41) is 0.300. The number of H-pyrrole nitrogens is 1. The van der Waals surface area contributed by atoms with E-state index >= 15 is 0 Å². The van der Waals surface area contributed by atoms with Crippen LogP contribution in [0.15, 0.2) is 63.0 Å². The van der Waals surface area contributed by atoms with E-state index in [-0.39, 0.29) is 15.9 Å². The molecule has 0 aliphatic rings. The minimum absolute atomic E-state index is 0.131. The van der Waals surface area contributed by atoms with Crippen LogP contribution in [0.3, 0.4) is 0 Å². The van der Waals surface area contributed by atoms with Gasteiger partial charge in [0.2, 0.25) is 0 Å². The number of nitrogens with one attached hydrogen (secondary N) is 3. The molecule has 3 N–H and O–H groups in total. The van der Waals surface area contributed by atoms with E-state index in [0.29, 0.717) is 9.70 Å². The molecule has 0 saturated carbocycles. The number of amides is 2. The maximum atomic E-state index is 12.1. The summed E-state index contributed by atoms with van der Waals surface area (Å²) >= 11 is 5.84. The highest BCUT2D eigenvalue weighted by Crippen LogP contribution is 2.14. The molecule has 0 spiro atoms. The van der Waals surface area contributed by atoms with Crippen molar-refractivity contribution in [3.05, 3.63) is 74.3 Å². The maximum absolute atomic E-state index is 12.1. The van der Waals surface area contributed by atoms with E-state index < -0.39 is 27.2 Å². The van der Waals surface area contributed by atoms with Crippen LogP contribution in [0.25, 0.3) is 11.0 Å². The summed E-state index contributed by atoms with van der Waals surface area (Å²) in [6, 6.07) is 10.2. The lowest BCUT2D eigenvalue weighted by atomic mass is 10.3. The van der Waals surface area contributed by atoms with Crippen molar-refractivity contribution in [3.8, 4) is 0 Å². The molecule has 9 nitrogen and oxygen atoms in total. The average molecular weight is 395 g/mol. The second kappa shape index (κ2) is 6.65. The molecule has 0 bridgehead atoms. The number of aromatic amines is 1. The molecule has 1 aromatic heterocycles. The van der Waals surface area contributed by atoms with E-state index in [2.05, 4.69) is 10.4 Å². The Kier molecular flexibility index (Phi) is 4.53. The predicted octanol–water partition coefficient (Wildman–Crippen LogP) is 0.985. The number of aromatic nitrogens is 2. The Balaban J connectivity index is 1.97. The standard InChI is InChI=1S/C15H11ClN4O5S/c16-9-6-7-12-11(8-9)17-13(21)14(22)20(12)18-15(23)19-26(24,25)10-4-2-1-3-5-10/h1-8H,(H,17,21)(H2,18,19,23). The van der Waals surface area contributed by atoms with Crippen LogP contribution in [0.4, 0.5) is 4.79 Å². The van der Waals surface area contributed by atoms with Gasteiger partial charge in [-0.2, -0.15) is 0 Å². The van der Waals surface area contributed by atoms with Crippen molar-refractivity contribution in [2.45, 2.75) is 4.90 Å². The largest absolute Gasteiger partial charge is 0.347 e. The number of hydrogen-bond acceptors (Lipinski definition) is 5. The van der Waals surface area contributed by atoms with Crippen molar-refractivity contribution in [2.24, 2.45) is 0 Å². The number of nitrogens with zero attached hydrogens (tertiary/aromatic N) is 1. The van der Waals surface area contributed by atoms with E-state index in [4.69, 9.17) is 11.6 Å². The zero-order chi connectivity index (χ0) is 18.9. The molecule has 0 atom stereocenters. The molecule has 1 heterocycles. The smallest absolute Gasteiger partial charge is 0.316 e. The molecule has 0 fully saturated rings. The topological polar surface area (TPSA) is 130 Å². The van der Waals surface area contributed by atoms with Gasteiger partial charge in [0.25, 0.3) is 10.0 Å². The lowest BCUT2D eigenvalue weighted by molar-refractivity contribution is 0.254. The van der Waals surface area contributed by atoms with Crippen molar-refractivity contribution >= 4 is 38.7 Å². The number of rotatable bonds is 3. The first-order valence-corrected chi connectivity index (χ1v) is 8.97. The molecule has 2 aromatic carbocycles. The lowest BCUT2D eigenvalue weighted by Crippen LogP contribution is -2.46. The Labute approximate surface area is 151 Å². The van der Waals surface area contributed by atoms with Crippen LogP contribution in [-0.4, -0.2) is 24.1 Å². The summed E-state index contributed by atoms with van der Waals surface area (Å²) in [4.78, 5) is 38.0. The molecular formula is C15H11ClN4O5S. The van der Waals surface area contributed by atoms with E-state index in [1.54, 1.807) is 10.8 Å². The summed E-state index contributed by atoms with van der Waals surface area (Å²) in [5.74, 6) is 0. The Morgan fingerprint density at radius 1 is 1.08 bits per heavy atom. The van der Waals surface area contributed by atoms with E-state index in [0.717, 1.165) is 0 Å². The molecule has 11 heteroatoms. The number of urea groups is 1. The minimum atomic E-state index is -4.15. The van der Waals surface area contributed by atoms with Gasteiger partial charge in [-0.15, -0.1) is 0 Å². The lowest BCUT2D eigenvalue weighted by Gasteiger charge is -2.12. The Morgan fingerprint density at radius 3 is 2.46 bits per heavy atom. The van der Waals surface area contributed by atoms with Crippen molar-refractivity contribution in [1.29, 1.82) is 0 Å². The number of carbonyl (C=O) groups excluding carboxylic acids is 1. The monoisotopic (exact) mass is 394 g/mol. The fourth-order valence-corrected chi connectivity index (χ4v) is 3.30. The summed E-state index contributed by atoms with van der Waals surface area (Å²) in [6.45, 7) is 0. The molecule has 2 amide bonds. The first-order valence-electron chi connectivity index (χ1n) is 7.11. The molecule has 3 aromatic rings. The highest BCUT2D eigenvalue weighted by Gasteiger charge is 2.18. The van der Waals surface area contributed by atoms with Gasteiger partial charge in [0.05, 0.1) is 15.9 Å². The number of halogens is 1. The second-order valence-electron chi connectivity index (χ2n) is 5.12. The SMILES string of the molecule is O=C(Nn1c(=O)c(=O)[nH]c2cc(Cl)ccc21)NS(=O)(=O)c1ccccc1. The summed E-state index contributed by atoms with van der Waals surface area (Å²) in [6.07, 6.45) is 0. The maximum Gasteiger partial charge on any atom is 0.347 e. The average Bonchev–Trinajstić information content (AvgIpc) is 2.59. The molecule has 0 saturated heterocycles. The number of sulfonamides is 1. The fraction of sp³-hybridized carbons (Fsp3) is 0. The number of hydrogen-bond donors (Lipinski definition) is 3. The molecule has 0 unspecified atom stereocenters. The van der Waals surface area contributed by atoms with Gasteiger partial charge in [-0.1, -0.05) is 29.8 Å². The Morgan fingerprint density at radius 2 is 1.77 bits per heavy atom. The third-order valence-electron chi connectivity index (χ3n) is 3.34. The van der Waals surface area contributed by atoms with Crippen LogP contribution in [-0.2, 0) is 10.0 Å². The van der Waals surface area contributed by atoms with Crippen molar-refractivity contribution < 1.29 is 13.2 Å². The Hall–Kier alpha value is -3.11. The third-order valence-corrected chi connectivity index (χ3v) is 4.92. The van der Waals surface area contributed by atoms with Crippen LogP contribution in [0.5, 0.6) is 0 Å². The van der Waals surface area contributed by atoms with E-state index in [1.807, 2.05) is 0 Å². The highest BCUT2D eigenvalue weighted by molar-refractivity contribution is 7.90. The number of carbonyl (C=O) groups is 1. The molecule has 0 aliphatic carbocycles. The van der Waals surface area contributed by atoms with Crippen LogP contribution >= 0.6 is 11.6 Å². The molecule has 26 heavy (non-hydrogen) atoms. The van der Waals surface area contributed by atoms with Gasteiger partial charge in [-0.3, -0.25) is 9.59 Å². The zero-order valence-electron chi connectivity index (χ0n) is 12.9. The van der Waals surface area contributed by atoms with Crippen LogP contribution < -0.4 is 21.3 Å². The quantitative estimate of drug-likeness (QED) is 0.570. The molecule has 3 rings (SSSR count). The van der Waals surface area contributed by atoms with Crippen molar-refractivity contribution in [1.82, 2.24) is 14.4 Å². The second-order valence-corrected chi connectivity index (χ2v) is 7.23. The first-order chi connectivity index (χ1) is 12.3. The van der Waals surface area contributed by atoms with E-state index in [9.17, 15) is 22.8 Å². The van der Waals surface area contributed by atoms with Crippen LogP contribution in [0, 0.1) is 0 Å². The van der Waals surface area contributed by atoms with Gasteiger partial charge in [0, 0.05) is 5.02 Å². The molecular weight excluding hydrogens is 384 g/mol. The van der Waals surface area contributed by atoms with Crippen LogP contribution in [0.1, 0.15) is 0 Å². The number of benzene rings is 2. The first kappa shape index (κ1) is 17.7. The Bertz CT molecular complexity index is 1220. The fourth-order valence-electron chi connectivity index (χ4n) is 2.21. The summed E-state index contributed by atoms with van der Waals surface area (Å²) in [7, 11) is -4.15. The molecule has 0 radical (unpaired) electrons. The molecule has 0 aliphatic heterocycles. The van der Waals surface area contributed by atoms with Gasteiger partial charge >= 0.3 is 17.1 Å². The zero-order valence-corrected chi connectivity index (χ0v) is 14.5. The minimum Gasteiger partial charge on any atom is -0.316 e. The van der Waals surface area contributed by atoms with Gasteiger partial charge in [0.15, 0.2) is 0 Å². The van der Waals surface area contributed by atoms with Crippen molar-refractivity contribution in [3.63, 3.8) is 0 Å². The van der Waals surface area contributed by atoms with Crippen LogP contribution in [0.2, 0.25) is 5.02 Å². The third kappa shape index (κ3) is 3.46. The van der Waals surface area contributed by atoms with Crippen molar-refractivity contribution in [2.75, 3.05) is 5.43 Å².